The predicted molar refractivity (Wildman–Crippen MR) is 90.5 cm³/mol. The van der Waals surface area contributed by atoms with Gasteiger partial charge in [-0.2, -0.15) is 0 Å². The summed E-state index contributed by atoms with van der Waals surface area (Å²) in [6.45, 7) is 0. The van der Waals surface area contributed by atoms with Crippen molar-refractivity contribution in [1.82, 2.24) is 4.98 Å². The maximum Gasteiger partial charge on any atom is 0.323 e. The highest BCUT2D eigenvalue weighted by molar-refractivity contribution is 6.06. The fourth-order valence-corrected chi connectivity index (χ4v) is 2.35. The van der Waals surface area contributed by atoms with Crippen molar-refractivity contribution >= 4 is 28.3 Å². The minimum atomic E-state index is -0.349. The predicted octanol–water partition coefficient (Wildman–Crippen LogP) is 3.83. The summed E-state index contributed by atoms with van der Waals surface area (Å²) in [5, 5.41) is 6.54. The summed E-state index contributed by atoms with van der Waals surface area (Å²) in [5.74, 6) is 1.18. The Morgan fingerprint density at radius 3 is 2.57 bits per heavy atom. The molecule has 0 spiro atoms. The Hall–Kier alpha value is -3.15. The highest BCUT2D eigenvalue weighted by Gasteiger charge is 2.11. The Morgan fingerprint density at radius 1 is 1.00 bits per heavy atom. The van der Waals surface area contributed by atoms with Crippen LogP contribution in [0.2, 0.25) is 0 Å². The molecule has 0 saturated carbocycles. The third-order valence-electron chi connectivity index (χ3n) is 3.49. The molecule has 0 fully saturated rings. The molecule has 6 heteroatoms. The molecule has 0 radical (unpaired) electrons. The van der Waals surface area contributed by atoms with Gasteiger partial charge in [0.05, 0.1) is 25.6 Å². The summed E-state index contributed by atoms with van der Waals surface area (Å²) in [7, 11) is 3.11. The number of carbonyl (C=O) groups is 1. The summed E-state index contributed by atoms with van der Waals surface area (Å²) < 4.78 is 10.4. The van der Waals surface area contributed by atoms with E-state index in [1.807, 2.05) is 24.3 Å². The van der Waals surface area contributed by atoms with E-state index in [0.717, 1.165) is 10.9 Å². The first-order valence-corrected chi connectivity index (χ1v) is 7.07. The summed E-state index contributed by atoms with van der Waals surface area (Å²) in [6.07, 6.45) is 1.76. The van der Waals surface area contributed by atoms with Gasteiger partial charge < -0.3 is 25.1 Å². The number of methoxy groups -OCH3 is 2. The molecule has 118 valence electrons. The van der Waals surface area contributed by atoms with Crippen LogP contribution in [-0.4, -0.2) is 25.2 Å². The van der Waals surface area contributed by atoms with E-state index in [-0.39, 0.29) is 6.03 Å². The summed E-state index contributed by atoms with van der Waals surface area (Å²) in [6, 6.07) is 12.6. The maximum absolute atomic E-state index is 12.2. The molecular weight excluding hydrogens is 294 g/mol. The SMILES string of the molecule is COc1ccc(NC(=O)Nc2c[nH]c3ccccc23)c(OC)c1. The number of amides is 2. The van der Waals surface area contributed by atoms with Crippen molar-refractivity contribution in [3.05, 3.63) is 48.7 Å². The second kappa shape index (κ2) is 6.31. The van der Waals surface area contributed by atoms with Crippen molar-refractivity contribution in [3.8, 4) is 11.5 Å². The van der Waals surface area contributed by atoms with E-state index < -0.39 is 0 Å². The average molecular weight is 311 g/mol. The van der Waals surface area contributed by atoms with Crippen LogP contribution in [0.4, 0.5) is 16.2 Å². The van der Waals surface area contributed by atoms with E-state index >= 15 is 0 Å². The lowest BCUT2D eigenvalue weighted by molar-refractivity contribution is 0.262. The van der Waals surface area contributed by atoms with Gasteiger partial charge in [-0.15, -0.1) is 0 Å². The third-order valence-corrected chi connectivity index (χ3v) is 3.49. The van der Waals surface area contributed by atoms with Crippen LogP contribution in [-0.2, 0) is 0 Å². The summed E-state index contributed by atoms with van der Waals surface area (Å²) >= 11 is 0. The number of carbonyl (C=O) groups excluding carboxylic acids is 1. The van der Waals surface area contributed by atoms with E-state index in [9.17, 15) is 4.79 Å². The lowest BCUT2D eigenvalue weighted by atomic mass is 10.2. The number of anilines is 2. The first-order chi connectivity index (χ1) is 11.2. The standard InChI is InChI=1S/C17H17N3O3/c1-22-11-7-8-14(16(9-11)23-2)19-17(21)20-15-10-18-13-6-4-3-5-12(13)15/h3-10,18H,1-2H3,(H2,19,20,21). The molecule has 0 aliphatic carbocycles. The zero-order chi connectivity index (χ0) is 16.2. The van der Waals surface area contributed by atoms with E-state index in [1.54, 1.807) is 31.5 Å². The number of nitrogens with one attached hydrogen (secondary N) is 3. The van der Waals surface area contributed by atoms with Crippen molar-refractivity contribution in [2.45, 2.75) is 0 Å². The van der Waals surface area contributed by atoms with Gasteiger partial charge in [0, 0.05) is 23.2 Å². The molecule has 6 nitrogen and oxygen atoms in total. The minimum absolute atomic E-state index is 0.349. The number of rotatable bonds is 4. The number of para-hydroxylation sites is 1. The van der Waals surface area contributed by atoms with Crippen LogP contribution in [0.3, 0.4) is 0 Å². The van der Waals surface area contributed by atoms with Crippen molar-refractivity contribution in [3.63, 3.8) is 0 Å². The van der Waals surface area contributed by atoms with Crippen molar-refractivity contribution < 1.29 is 14.3 Å². The Labute approximate surface area is 133 Å². The molecule has 0 atom stereocenters. The highest BCUT2D eigenvalue weighted by Crippen LogP contribution is 2.29. The normalized spacial score (nSPS) is 10.3. The van der Waals surface area contributed by atoms with E-state index in [4.69, 9.17) is 9.47 Å². The lowest BCUT2D eigenvalue weighted by Crippen LogP contribution is -2.19. The topological polar surface area (TPSA) is 75.4 Å². The Morgan fingerprint density at radius 2 is 1.78 bits per heavy atom. The van der Waals surface area contributed by atoms with Gasteiger partial charge in [-0.25, -0.2) is 4.79 Å². The van der Waals surface area contributed by atoms with Gasteiger partial charge in [-0.3, -0.25) is 0 Å². The van der Waals surface area contributed by atoms with Crippen LogP contribution in [0.15, 0.2) is 48.7 Å². The molecule has 0 bridgehead atoms. The molecule has 3 N–H and O–H groups in total. The average Bonchev–Trinajstić information content (AvgIpc) is 2.98. The van der Waals surface area contributed by atoms with Crippen LogP contribution in [0.25, 0.3) is 10.9 Å². The molecule has 0 aliphatic heterocycles. The van der Waals surface area contributed by atoms with E-state index in [0.29, 0.717) is 22.9 Å². The Kier molecular flexibility index (Phi) is 4.05. The Bertz CT molecular complexity index is 842. The van der Waals surface area contributed by atoms with Gasteiger partial charge >= 0.3 is 6.03 Å². The second-order valence-electron chi connectivity index (χ2n) is 4.89. The van der Waals surface area contributed by atoms with Crippen molar-refractivity contribution in [2.24, 2.45) is 0 Å². The van der Waals surface area contributed by atoms with Crippen LogP contribution < -0.4 is 20.1 Å². The number of ether oxygens (including phenoxy) is 2. The van der Waals surface area contributed by atoms with E-state index in [2.05, 4.69) is 15.6 Å². The molecule has 0 unspecified atom stereocenters. The quantitative estimate of drug-likeness (QED) is 0.685. The largest absolute Gasteiger partial charge is 0.497 e. The smallest absolute Gasteiger partial charge is 0.323 e. The number of benzene rings is 2. The van der Waals surface area contributed by atoms with Crippen LogP contribution in [0.5, 0.6) is 11.5 Å². The number of aromatic nitrogens is 1. The molecular formula is C17H17N3O3. The summed E-state index contributed by atoms with van der Waals surface area (Å²) in [4.78, 5) is 15.3. The van der Waals surface area contributed by atoms with Gasteiger partial charge in [-0.1, -0.05) is 18.2 Å². The van der Waals surface area contributed by atoms with Crippen molar-refractivity contribution in [1.29, 1.82) is 0 Å². The van der Waals surface area contributed by atoms with Crippen molar-refractivity contribution in [2.75, 3.05) is 24.9 Å². The third kappa shape index (κ3) is 3.06. The highest BCUT2D eigenvalue weighted by atomic mass is 16.5. The number of hydrogen-bond donors (Lipinski definition) is 3. The molecule has 1 aromatic heterocycles. The van der Waals surface area contributed by atoms with Gasteiger partial charge in [-0.05, 0) is 18.2 Å². The van der Waals surface area contributed by atoms with Gasteiger partial charge in [0.25, 0.3) is 0 Å². The van der Waals surface area contributed by atoms with Gasteiger partial charge in [0.2, 0.25) is 0 Å². The maximum atomic E-state index is 12.2. The number of hydrogen-bond acceptors (Lipinski definition) is 3. The molecule has 0 saturated heterocycles. The number of urea groups is 1. The molecule has 2 aromatic carbocycles. The van der Waals surface area contributed by atoms with Crippen LogP contribution in [0, 0.1) is 0 Å². The molecule has 1 heterocycles. The number of aromatic amines is 1. The monoisotopic (exact) mass is 311 g/mol. The number of fused-ring (bicyclic) bond motifs is 1. The fraction of sp³-hybridized carbons (Fsp3) is 0.118. The molecule has 3 aromatic rings. The zero-order valence-corrected chi connectivity index (χ0v) is 12.8. The molecule has 0 aliphatic rings. The minimum Gasteiger partial charge on any atom is -0.497 e. The summed E-state index contributed by atoms with van der Waals surface area (Å²) in [5.41, 5.74) is 2.24. The molecule has 3 rings (SSSR count). The fourth-order valence-electron chi connectivity index (χ4n) is 2.35. The molecule has 2 amide bonds. The van der Waals surface area contributed by atoms with E-state index in [1.165, 1.54) is 7.11 Å². The molecule has 23 heavy (non-hydrogen) atoms. The second-order valence-corrected chi connectivity index (χ2v) is 4.89. The van der Waals surface area contributed by atoms with Crippen LogP contribution >= 0.6 is 0 Å². The zero-order valence-electron chi connectivity index (χ0n) is 12.8. The van der Waals surface area contributed by atoms with Crippen LogP contribution in [0.1, 0.15) is 0 Å². The van der Waals surface area contributed by atoms with Gasteiger partial charge in [0.1, 0.15) is 11.5 Å². The first-order valence-electron chi connectivity index (χ1n) is 7.07. The van der Waals surface area contributed by atoms with Gasteiger partial charge in [0.15, 0.2) is 0 Å². The lowest BCUT2D eigenvalue weighted by Gasteiger charge is -2.12. The Balaban J connectivity index is 1.77. The number of H-pyrrole nitrogens is 1. The first kappa shape index (κ1) is 14.8.